The maximum atomic E-state index is 2.87. The van der Waals surface area contributed by atoms with E-state index in [1.54, 1.807) is 0 Å². The summed E-state index contributed by atoms with van der Waals surface area (Å²) in [7, 11) is 8.49. The van der Waals surface area contributed by atoms with Crippen molar-refractivity contribution >= 4 is 38.5 Å². The summed E-state index contributed by atoms with van der Waals surface area (Å²) < 4.78 is 0. The summed E-state index contributed by atoms with van der Waals surface area (Å²) in [6.45, 7) is 12.0. The fourth-order valence-electron chi connectivity index (χ4n) is 2.93. The minimum absolute atomic E-state index is 0.996. The van der Waals surface area contributed by atoms with Gasteiger partial charge in [-0.05, 0) is 63.1 Å². The fraction of sp³-hybridized carbons (Fsp3) is 0.360. The summed E-state index contributed by atoms with van der Waals surface area (Å²) in [5, 5.41) is 2.70. The van der Waals surface area contributed by atoms with Gasteiger partial charge in [0.15, 0.2) is 0 Å². The number of hydrogen-bond acceptors (Lipinski definition) is 0. The third-order valence-electron chi connectivity index (χ3n) is 4.15. The van der Waals surface area contributed by atoms with Gasteiger partial charge in [0.1, 0.15) is 0 Å². The molecule has 0 N–H and O–H groups in total. The lowest BCUT2D eigenvalue weighted by molar-refractivity contribution is 1.32. The van der Waals surface area contributed by atoms with Gasteiger partial charge in [-0.25, -0.2) is 0 Å². The van der Waals surface area contributed by atoms with Crippen molar-refractivity contribution in [2.45, 2.75) is 60.0 Å². The van der Waals surface area contributed by atoms with E-state index in [9.17, 15) is 0 Å². The number of hydrogen-bond donors (Lipinski definition) is 0. The molecule has 0 nitrogen and oxygen atoms in total. The number of rotatable bonds is 4. The molecule has 3 rings (SSSR count). The van der Waals surface area contributed by atoms with Gasteiger partial charge in [0.05, 0.1) is 0 Å². The molecule has 3 unspecified atom stereocenters. The van der Waals surface area contributed by atoms with Gasteiger partial charge in [-0.2, -0.15) is 0 Å². The predicted molar refractivity (Wildman–Crippen MR) is 144 cm³/mol. The first kappa shape index (κ1) is 27.2. The molecule has 0 aliphatic rings. The highest BCUT2D eigenvalue weighted by atomic mass is 31.0. The van der Waals surface area contributed by atoms with Crippen molar-refractivity contribution in [2.24, 2.45) is 0 Å². The van der Waals surface area contributed by atoms with Gasteiger partial charge in [-0.15, -0.1) is 27.7 Å². The molecule has 0 aromatic heterocycles. The Morgan fingerprint density at radius 1 is 0.607 bits per heavy atom. The van der Waals surface area contributed by atoms with Gasteiger partial charge in [0.25, 0.3) is 0 Å². The average molecular weight is 433 g/mol. The molecular formula is C25H39P3. The summed E-state index contributed by atoms with van der Waals surface area (Å²) in [5.74, 6) is 0. The molecule has 0 fully saturated rings. The minimum Gasteiger partial charge on any atom is -0.133 e. The summed E-state index contributed by atoms with van der Waals surface area (Å²) in [4.78, 5) is 0. The second kappa shape index (κ2) is 16.1. The lowest BCUT2D eigenvalue weighted by Crippen LogP contribution is -1.91. The van der Waals surface area contributed by atoms with E-state index in [-0.39, 0.29) is 0 Å². The Morgan fingerprint density at radius 2 is 1.25 bits per heavy atom. The molecule has 0 saturated carbocycles. The quantitative estimate of drug-likeness (QED) is 0.362. The SMILES string of the molecule is CC.CC.CC.PCc1cccc(-c2ccc3c(CP)c(CP)ccc3c2)c1. The van der Waals surface area contributed by atoms with E-state index in [1.165, 1.54) is 38.6 Å². The van der Waals surface area contributed by atoms with Gasteiger partial charge >= 0.3 is 0 Å². The van der Waals surface area contributed by atoms with E-state index in [4.69, 9.17) is 0 Å². The first-order valence-corrected chi connectivity index (χ1v) is 13.0. The van der Waals surface area contributed by atoms with E-state index < -0.39 is 0 Å². The molecule has 0 amide bonds. The zero-order valence-corrected chi connectivity index (χ0v) is 22.0. The smallest absolute Gasteiger partial charge is 0.0119 e. The van der Waals surface area contributed by atoms with Crippen LogP contribution in [0.25, 0.3) is 21.9 Å². The second-order valence-electron chi connectivity index (χ2n) is 5.45. The Bertz CT molecular complexity index is 810. The zero-order chi connectivity index (χ0) is 21.5. The number of fused-ring (bicyclic) bond motifs is 1. The van der Waals surface area contributed by atoms with Crippen LogP contribution in [0.2, 0.25) is 0 Å². The molecular weight excluding hydrogens is 393 g/mol. The van der Waals surface area contributed by atoms with Gasteiger partial charge in [0.2, 0.25) is 0 Å². The maximum Gasteiger partial charge on any atom is -0.0119 e. The lowest BCUT2D eigenvalue weighted by Gasteiger charge is -2.12. The third kappa shape index (κ3) is 7.23. The van der Waals surface area contributed by atoms with Gasteiger partial charge in [0, 0.05) is 0 Å². The lowest BCUT2D eigenvalue weighted by atomic mass is 9.96. The molecule has 0 saturated heterocycles. The van der Waals surface area contributed by atoms with E-state index in [2.05, 4.69) is 82.3 Å². The third-order valence-corrected chi connectivity index (χ3v) is 5.47. The highest BCUT2D eigenvalue weighted by Crippen LogP contribution is 2.30. The van der Waals surface area contributed by atoms with Crippen molar-refractivity contribution in [1.29, 1.82) is 0 Å². The molecule has 3 atom stereocenters. The molecule has 0 aliphatic heterocycles. The monoisotopic (exact) mass is 432 g/mol. The largest absolute Gasteiger partial charge is 0.133 e. The summed E-state index contributed by atoms with van der Waals surface area (Å²) in [6, 6.07) is 20.1. The zero-order valence-electron chi connectivity index (χ0n) is 18.5. The molecule has 0 spiro atoms. The standard InChI is InChI=1S/C19H21P3.3C2H6/c20-10-13-2-1-3-14(8-13)15-6-7-18-16(9-15)4-5-17(11-21)19(18)12-22;3*1-2/h1-9H,10-12,20-22H2;3*1-2H3. The summed E-state index contributed by atoms with van der Waals surface area (Å²) in [6.07, 6.45) is 3.01. The van der Waals surface area contributed by atoms with Crippen LogP contribution in [0.3, 0.4) is 0 Å². The fourth-order valence-corrected chi connectivity index (χ4v) is 4.05. The minimum atomic E-state index is 0.996. The number of benzene rings is 3. The van der Waals surface area contributed by atoms with Crippen LogP contribution in [0.5, 0.6) is 0 Å². The molecule has 0 heterocycles. The Hall–Kier alpha value is -0.790. The Labute approximate surface area is 180 Å². The Morgan fingerprint density at radius 3 is 1.82 bits per heavy atom. The van der Waals surface area contributed by atoms with Crippen molar-refractivity contribution < 1.29 is 0 Å². The van der Waals surface area contributed by atoms with Crippen LogP contribution in [0.1, 0.15) is 58.2 Å². The van der Waals surface area contributed by atoms with Crippen molar-refractivity contribution in [3.05, 3.63) is 71.3 Å². The van der Waals surface area contributed by atoms with E-state index in [0.29, 0.717) is 0 Å². The molecule has 0 bridgehead atoms. The van der Waals surface area contributed by atoms with Crippen LogP contribution < -0.4 is 0 Å². The summed E-state index contributed by atoms with van der Waals surface area (Å²) in [5.41, 5.74) is 6.81. The van der Waals surface area contributed by atoms with E-state index in [0.717, 1.165) is 18.5 Å². The van der Waals surface area contributed by atoms with E-state index >= 15 is 0 Å². The molecule has 154 valence electrons. The Kier molecular flexibility index (Phi) is 15.6. The average Bonchev–Trinajstić information content (AvgIpc) is 2.81. The van der Waals surface area contributed by atoms with Crippen LogP contribution in [-0.4, -0.2) is 0 Å². The molecule has 3 heteroatoms. The first-order valence-electron chi connectivity index (χ1n) is 10.5. The predicted octanol–water partition coefficient (Wildman–Crippen LogP) is 8.71. The van der Waals surface area contributed by atoms with Crippen molar-refractivity contribution in [1.82, 2.24) is 0 Å². The van der Waals surface area contributed by atoms with Crippen molar-refractivity contribution in [3.63, 3.8) is 0 Å². The summed E-state index contributed by atoms with van der Waals surface area (Å²) >= 11 is 0. The van der Waals surface area contributed by atoms with Gasteiger partial charge in [-0.1, -0.05) is 90.1 Å². The van der Waals surface area contributed by atoms with Crippen LogP contribution in [-0.2, 0) is 18.5 Å². The maximum absolute atomic E-state index is 2.87. The molecule has 0 radical (unpaired) electrons. The van der Waals surface area contributed by atoms with Crippen molar-refractivity contribution in [3.8, 4) is 11.1 Å². The molecule has 3 aromatic carbocycles. The van der Waals surface area contributed by atoms with Gasteiger partial charge < -0.3 is 0 Å². The van der Waals surface area contributed by atoms with Crippen LogP contribution in [0, 0.1) is 0 Å². The van der Waals surface area contributed by atoms with E-state index in [1.807, 2.05) is 41.5 Å². The second-order valence-corrected chi connectivity index (χ2v) is 6.68. The topological polar surface area (TPSA) is 0 Å². The first-order chi connectivity index (χ1) is 13.8. The highest BCUT2D eigenvalue weighted by Gasteiger charge is 2.07. The van der Waals surface area contributed by atoms with Crippen molar-refractivity contribution in [2.75, 3.05) is 0 Å². The molecule has 28 heavy (non-hydrogen) atoms. The van der Waals surface area contributed by atoms with Crippen LogP contribution >= 0.6 is 27.7 Å². The van der Waals surface area contributed by atoms with Crippen LogP contribution in [0.4, 0.5) is 0 Å². The Balaban J connectivity index is 0.00000111. The van der Waals surface area contributed by atoms with Crippen LogP contribution in [0.15, 0.2) is 54.6 Å². The normalized spacial score (nSPS) is 9.32. The highest BCUT2D eigenvalue weighted by molar-refractivity contribution is 7.16. The van der Waals surface area contributed by atoms with Gasteiger partial charge in [-0.3, -0.25) is 0 Å². The molecule has 0 aliphatic carbocycles. The molecule has 3 aromatic rings.